The van der Waals surface area contributed by atoms with Gasteiger partial charge in [-0.25, -0.2) is 9.78 Å². The monoisotopic (exact) mass is 297 g/mol. The molecule has 1 aromatic heterocycles. The molecule has 0 spiro atoms. The number of aromatic nitrogens is 1. The van der Waals surface area contributed by atoms with Crippen LogP contribution in [0.1, 0.15) is 40.1 Å². The Balaban J connectivity index is 1.82. The van der Waals surface area contributed by atoms with Gasteiger partial charge in [0.15, 0.2) is 0 Å². The molecule has 1 aliphatic carbocycles. The quantitative estimate of drug-likeness (QED) is 0.737. The Morgan fingerprint density at radius 1 is 1.45 bits per heavy atom. The molecule has 1 aliphatic rings. The molecule has 108 valence electrons. The molecule has 0 radical (unpaired) electrons. The molecule has 1 fully saturated rings. The normalized spacial score (nSPS) is 13.7. The van der Waals surface area contributed by atoms with E-state index in [1.165, 1.54) is 5.38 Å². The fourth-order valence-electron chi connectivity index (χ4n) is 1.42. The van der Waals surface area contributed by atoms with Gasteiger partial charge in [0.2, 0.25) is 10.9 Å². The zero-order valence-electron chi connectivity index (χ0n) is 11.0. The SMILES string of the molecule is CCOC(=O)c1nc(C(=O)NCC(=O)NC2CC2)cs1. The minimum atomic E-state index is -0.553. The van der Waals surface area contributed by atoms with E-state index < -0.39 is 11.9 Å². The number of nitrogens with zero attached hydrogens (tertiary/aromatic N) is 1. The van der Waals surface area contributed by atoms with Gasteiger partial charge in [0.05, 0.1) is 13.2 Å². The number of thiazole rings is 1. The molecule has 0 saturated heterocycles. The van der Waals surface area contributed by atoms with E-state index in [2.05, 4.69) is 15.6 Å². The highest BCUT2D eigenvalue weighted by molar-refractivity contribution is 7.11. The summed E-state index contributed by atoms with van der Waals surface area (Å²) in [4.78, 5) is 38.4. The van der Waals surface area contributed by atoms with Crippen molar-refractivity contribution in [3.8, 4) is 0 Å². The lowest BCUT2D eigenvalue weighted by atomic mass is 10.4. The van der Waals surface area contributed by atoms with Gasteiger partial charge in [0, 0.05) is 11.4 Å². The average molecular weight is 297 g/mol. The lowest BCUT2D eigenvalue weighted by molar-refractivity contribution is -0.120. The molecule has 0 unspecified atom stereocenters. The Morgan fingerprint density at radius 3 is 2.85 bits per heavy atom. The van der Waals surface area contributed by atoms with Gasteiger partial charge in [0.25, 0.3) is 5.91 Å². The van der Waals surface area contributed by atoms with Gasteiger partial charge in [-0.1, -0.05) is 0 Å². The smallest absolute Gasteiger partial charge is 0.367 e. The maximum Gasteiger partial charge on any atom is 0.367 e. The summed E-state index contributed by atoms with van der Waals surface area (Å²) in [5.74, 6) is -1.26. The van der Waals surface area contributed by atoms with Crippen molar-refractivity contribution in [3.63, 3.8) is 0 Å². The van der Waals surface area contributed by atoms with E-state index in [1.54, 1.807) is 6.92 Å². The number of hydrogen-bond donors (Lipinski definition) is 2. The van der Waals surface area contributed by atoms with Crippen LogP contribution < -0.4 is 10.6 Å². The number of carbonyl (C=O) groups is 3. The van der Waals surface area contributed by atoms with Crippen LogP contribution in [0.25, 0.3) is 0 Å². The zero-order valence-corrected chi connectivity index (χ0v) is 11.8. The summed E-state index contributed by atoms with van der Waals surface area (Å²) in [5.41, 5.74) is 0.109. The second-order valence-electron chi connectivity index (χ2n) is 4.28. The Bertz CT molecular complexity index is 525. The highest BCUT2D eigenvalue weighted by Gasteiger charge is 2.23. The number of ether oxygens (including phenoxy) is 1. The molecule has 8 heteroatoms. The maximum atomic E-state index is 11.7. The standard InChI is InChI=1S/C12H15N3O4S/c1-2-19-12(18)11-15-8(6-20-11)10(17)13-5-9(16)14-7-3-4-7/h6-7H,2-5H2,1H3,(H,13,17)(H,14,16). The topological polar surface area (TPSA) is 97.4 Å². The largest absolute Gasteiger partial charge is 0.461 e. The lowest BCUT2D eigenvalue weighted by Gasteiger charge is -2.04. The number of nitrogens with one attached hydrogen (secondary N) is 2. The van der Waals surface area contributed by atoms with Gasteiger partial charge in [0.1, 0.15) is 5.69 Å². The minimum absolute atomic E-state index is 0.0956. The van der Waals surface area contributed by atoms with Crippen LogP contribution in [-0.2, 0) is 9.53 Å². The summed E-state index contributed by atoms with van der Waals surface area (Å²) >= 11 is 1.03. The molecule has 2 N–H and O–H groups in total. The van der Waals surface area contributed by atoms with Crippen LogP contribution in [0.4, 0.5) is 0 Å². The Hall–Kier alpha value is -1.96. The van der Waals surface area contributed by atoms with Crippen molar-refractivity contribution in [1.29, 1.82) is 0 Å². The fourth-order valence-corrected chi connectivity index (χ4v) is 2.11. The third-order valence-electron chi connectivity index (χ3n) is 2.54. The van der Waals surface area contributed by atoms with E-state index >= 15 is 0 Å². The van der Waals surface area contributed by atoms with Crippen molar-refractivity contribution in [3.05, 3.63) is 16.1 Å². The lowest BCUT2D eigenvalue weighted by Crippen LogP contribution is -2.37. The molecular weight excluding hydrogens is 282 g/mol. The van der Waals surface area contributed by atoms with Crippen LogP contribution in [0.2, 0.25) is 0 Å². The van der Waals surface area contributed by atoms with Crippen molar-refractivity contribution < 1.29 is 19.1 Å². The molecular formula is C12H15N3O4S. The van der Waals surface area contributed by atoms with Gasteiger partial charge in [-0.3, -0.25) is 9.59 Å². The van der Waals surface area contributed by atoms with E-state index in [0.29, 0.717) is 0 Å². The van der Waals surface area contributed by atoms with Gasteiger partial charge >= 0.3 is 5.97 Å². The highest BCUT2D eigenvalue weighted by atomic mass is 32.1. The van der Waals surface area contributed by atoms with Crippen LogP contribution in [0, 0.1) is 0 Å². The van der Waals surface area contributed by atoms with Gasteiger partial charge < -0.3 is 15.4 Å². The van der Waals surface area contributed by atoms with Crippen molar-refractivity contribution in [2.45, 2.75) is 25.8 Å². The van der Waals surface area contributed by atoms with Gasteiger partial charge in [-0.2, -0.15) is 0 Å². The molecule has 1 saturated carbocycles. The Labute approximate surface area is 119 Å². The zero-order chi connectivity index (χ0) is 14.5. The summed E-state index contributed by atoms with van der Waals surface area (Å²) in [7, 11) is 0. The first kappa shape index (κ1) is 14.4. The van der Waals surface area contributed by atoms with Crippen LogP contribution in [0.5, 0.6) is 0 Å². The third kappa shape index (κ3) is 4.02. The van der Waals surface area contributed by atoms with Crippen molar-refractivity contribution in [2.24, 2.45) is 0 Å². The summed E-state index contributed by atoms with van der Waals surface area (Å²) in [6, 6.07) is 0.258. The first-order valence-corrected chi connectivity index (χ1v) is 7.18. The van der Waals surface area contributed by atoms with E-state index in [9.17, 15) is 14.4 Å². The minimum Gasteiger partial charge on any atom is -0.461 e. The molecule has 7 nitrogen and oxygen atoms in total. The number of esters is 1. The molecule has 0 aliphatic heterocycles. The van der Waals surface area contributed by atoms with E-state index in [0.717, 1.165) is 24.2 Å². The molecule has 1 heterocycles. The highest BCUT2D eigenvalue weighted by Crippen LogP contribution is 2.18. The number of hydrogen-bond acceptors (Lipinski definition) is 6. The van der Waals surface area contributed by atoms with Crippen molar-refractivity contribution >= 4 is 29.1 Å². The summed E-state index contributed by atoms with van der Waals surface area (Å²) in [5, 5.41) is 6.80. The molecule has 0 atom stereocenters. The number of amides is 2. The first-order chi connectivity index (χ1) is 9.60. The van der Waals surface area contributed by atoms with E-state index in [4.69, 9.17) is 4.74 Å². The Morgan fingerprint density at radius 2 is 2.20 bits per heavy atom. The summed E-state index contributed by atoms with van der Waals surface area (Å²) < 4.78 is 4.78. The molecule has 0 bridgehead atoms. The fraction of sp³-hybridized carbons (Fsp3) is 0.500. The second kappa shape index (κ2) is 6.47. The van der Waals surface area contributed by atoms with E-state index in [1.807, 2.05) is 0 Å². The van der Waals surface area contributed by atoms with Crippen LogP contribution in [-0.4, -0.2) is 42.0 Å². The molecule has 2 amide bonds. The molecule has 1 aromatic rings. The van der Waals surface area contributed by atoms with Crippen LogP contribution >= 0.6 is 11.3 Å². The van der Waals surface area contributed by atoms with Gasteiger partial charge in [-0.05, 0) is 19.8 Å². The maximum absolute atomic E-state index is 11.7. The summed E-state index contributed by atoms with van der Waals surface area (Å²) in [6.07, 6.45) is 1.99. The van der Waals surface area contributed by atoms with Crippen LogP contribution in [0.3, 0.4) is 0 Å². The third-order valence-corrected chi connectivity index (χ3v) is 3.36. The predicted octanol–water partition coefficient (Wildman–Crippen LogP) is 0.328. The predicted molar refractivity (Wildman–Crippen MR) is 71.6 cm³/mol. The van der Waals surface area contributed by atoms with Gasteiger partial charge in [-0.15, -0.1) is 11.3 Å². The second-order valence-corrected chi connectivity index (χ2v) is 5.14. The van der Waals surface area contributed by atoms with Crippen molar-refractivity contribution in [2.75, 3.05) is 13.2 Å². The average Bonchev–Trinajstić information content (AvgIpc) is 3.08. The number of carbonyl (C=O) groups excluding carboxylic acids is 3. The summed E-state index contributed by atoms with van der Waals surface area (Å²) in [6.45, 7) is 1.85. The van der Waals surface area contributed by atoms with Crippen molar-refractivity contribution in [1.82, 2.24) is 15.6 Å². The van der Waals surface area contributed by atoms with E-state index in [-0.39, 0.29) is 35.8 Å². The molecule has 0 aromatic carbocycles. The Kier molecular flexibility index (Phi) is 4.67. The molecule has 2 rings (SSSR count). The first-order valence-electron chi connectivity index (χ1n) is 6.30. The number of rotatable bonds is 6. The van der Waals surface area contributed by atoms with Crippen LogP contribution in [0.15, 0.2) is 5.38 Å². The molecule has 20 heavy (non-hydrogen) atoms.